The summed E-state index contributed by atoms with van der Waals surface area (Å²) < 4.78 is 16.5. The van der Waals surface area contributed by atoms with Crippen LogP contribution in [-0.4, -0.2) is 62.2 Å². The number of hydrogen-bond donors (Lipinski definition) is 2. The Balaban J connectivity index is 1.79. The second-order valence-electron chi connectivity index (χ2n) is 7.88. The highest BCUT2D eigenvalue weighted by molar-refractivity contribution is 6.15. The highest BCUT2D eigenvalue weighted by Crippen LogP contribution is 2.40. The lowest BCUT2D eigenvalue weighted by Gasteiger charge is -2.34. The molecule has 0 radical (unpaired) electrons. The van der Waals surface area contributed by atoms with Gasteiger partial charge in [-0.05, 0) is 31.2 Å². The smallest absolute Gasteiger partial charge is 0.163 e. The molecular formula is C23H30N4O4. The second-order valence-corrected chi connectivity index (χ2v) is 7.88. The monoisotopic (exact) mass is 426 g/mol. The van der Waals surface area contributed by atoms with Crippen LogP contribution < -0.4 is 20.1 Å². The molecule has 4 rings (SSSR count). The van der Waals surface area contributed by atoms with Crippen molar-refractivity contribution in [3.8, 4) is 11.5 Å². The molecule has 2 aromatic heterocycles. The lowest BCUT2D eigenvalue weighted by Crippen LogP contribution is -2.34. The minimum Gasteiger partial charge on any atom is -0.493 e. The third-order valence-corrected chi connectivity index (χ3v) is 6.05. The summed E-state index contributed by atoms with van der Waals surface area (Å²) in [6.07, 6.45) is 6.61. The van der Waals surface area contributed by atoms with Crippen LogP contribution in [0, 0.1) is 5.92 Å². The van der Waals surface area contributed by atoms with E-state index in [1.54, 1.807) is 20.4 Å². The van der Waals surface area contributed by atoms with Gasteiger partial charge in [-0.3, -0.25) is 4.98 Å². The van der Waals surface area contributed by atoms with E-state index in [1.165, 1.54) is 0 Å². The number of fused-ring (bicyclic) bond motifs is 3. The number of methoxy groups -OCH3 is 2. The summed E-state index contributed by atoms with van der Waals surface area (Å²) in [5.74, 6) is 2.30. The van der Waals surface area contributed by atoms with E-state index in [0.29, 0.717) is 36.4 Å². The zero-order chi connectivity index (χ0) is 21.8. The van der Waals surface area contributed by atoms with Crippen molar-refractivity contribution < 1.29 is 19.3 Å². The normalized spacial score (nSPS) is 15.0. The van der Waals surface area contributed by atoms with Gasteiger partial charge in [-0.15, -0.1) is 0 Å². The predicted molar refractivity (Wildman–Crippen MR) is 122 cm³/mol. The Morgan fingerprint density at radius 3 is 2.58 bits per heavy atom. The highest BCUT2D eigenvalue weighted by atomic mass is 16.5. The number of aliphatic hydroxyl groups excluding tert-OH is 1. The molecule has 0 unspecified atom stereocenters. The molecule has 0 bridgehead atoms. The van der Waals surface area contributed by atoms with Gasteiger partial charge in [-0.25, -0.2) is 4.98 Å². The quantitative estimate of drug-likeness (QED) is 0.419. The molecule has 0 aliphatic carbocycles. The maximum Gasteiger partial charge on any atom is 0.163 e. The van der Waals surface area contributed by atoms with Gasteiger partial charge in [0.05, 0.1) is 31.1 Å². The van der Waals surface area contributed by atoms with Gasteiger partial charge in [0.2, 0.25) is 0 Å². The molecule has 3 aromatic rings. The van der Waals surface area contributed by atoms with Crippen molar-refractivity contribution in [3.05, 3.63) is 24.5 Å². The Morgan fingerprint density at radius 1 is 1.06 bits per heavy atom. The van der Waals surface area contributed by atoms with Crippen LogP contribution in [0.25, 0.3) is 21.7 Å². The first-order valence-corrected chi connectivity index (χ1v) is 10.7. The number of nitrogens with zero attached hydrogens (tertiary/aromatic N) is 3. The fraction of sp³-hybridized carbons (Fsp3) is 0.478. The van der Waals surface area contributed by atoms with Crippen LogP contribution in [0.2, 0.25) is 0 Å². The van der Waals surface area contributed by atoms with Gasteiger partial charge >= 0.3 is 0 Å². The Morgan fingerprint density at radius 2 is 1.87 bits per heavy atom. The number of nitrogens with two attached hydrogens (primary N) is 1. The molecule has 8 heteroatoms. The number of ether oxygens (including phenoxy) is 3. The number of aromatic nitrogens is 2. The number of benzene rings is 1. The van der Waals surface area contributed by atoms with Gasteiger partial charge in [0.1, 0.15) is 12.4 Å². The number of anilines is 2. The van der Waals surface area contributed by atoms with Gasteiger partial charge in [-0.1, -0.05) is 0 Å². The number of pyridine rings is 2. The van der Waals surface area contributed by atoms with Crippen LogP contribution in [0.1, 0.15) is 19.3 Å². The molecule has 31 heavy (non-hydrogen) atoms. The third kappa shape index (κ3) is 4.31. The minimum absolute atomic E-state index is 0.252. The zero-order valence-corrected chi connectivity index (χ0v) is 18.1. The van der Waals surface area contributed by atoms with Crippen LogP contribution in [0.3, 0.4) is 0 Å². The van der Waals surface area contributed by atoms with Crippen LogP contribution >= 0.6 is 0 Å². The van der Waals surface area contributed by atoms with Crippen molar-refractivity contribution in [2.24, 2.45) is 5.92 Å². The van der Waals surface area contributed by atoms with Crippen molar-refractivity contribution in [2.45, 2.75) is 19.3 Å². The highest BCUT2D eigenvalue weighted by Gasteiger charge is 2.23. The van der Waals surface area contributed by atoms with Crippen molar-refractivity contribution in [2.75, 3.05) is 57.8 Å². The first kappa shape index (κ1) is 21.4. The molecule has 8 nitrogen and oxygen atoms in total. The predicted octanol–water partition coefficient (Wildman–Crippen LogP) is 3.00. The molecule has 0 amide bonds. The summed E-state index contributed by atoms with van der Waals surface area (Å²) in [4.78, 5) is 11.4. The molecule has 0 atom stereocenters. The van der Waals surface area contributed by atoms with Gasteiger partial charge in [0.15, 0.2) is 11.5 Å². The standard InChI is InChI=1S/C23H30N4O4/c1-29-9-10-31-21-12-18-16(11-20(21)30-2)22-17(13-25-18)23(24)26-14-19(22)27-6-3-15(4-7-27)5-8-28/h11-15,28H,3-10H2,1-2H3,(H2,24,26). The first-order chi connectivity index (χ1) is 15.2. The third-order valence-electron chi connectivity index (χ3n) is 6.05. The lowest BCUT2D eigenvalue weighted by atomic mass is 9.93. The Kier molecular flexibility index (Phi) is 6.58. The zero-order valence-electron chi connectivity index (χ0n) is 18.1. The molecule has 0 spiro atoms. The number of hydrogen-bond acceptors (Lipinski definition) is 8. The van der Waals surface area contributed by atoms with E-state index >= 15 is 0 Å². The average Bonchev–Trinajstić information content (AvgIpc) is 2.79. The maximum atomic E-state index is 9.26. The van der Waals surface area contributed by atoms with Crippen molar-refractivity contribution in [3.63, 3.8) is 0 Å². The largest absolute Gasteiger partial charge is 0.493 e. The summed E-state index contributed by atoms with van der Waals surface area (Å²) in [5, 5.41) is 12.1. The summed E-state index contributed by atoms with van der Waals surface area (Å²) in [7, 11) is 3.27. The summed E-state index contributed by atoms with van der Waals surface area (Å²) in [6, 6.07) is 3.87. The van der Waals surface area contributed by atoms with Gasteiger partial charge in [0, 0.05) is 55.2 Å². The fourth-order valence-electron chi connectivity index (χ4n) is 4.33. The molecule has 3 heterocycles. The molecule has 3 N–H and O–H groups in total. The van der Waals surface area contributed by atoms with E-state index in [2.05, 4.69) is 14.9 Å². The average molecular weight is 427 g/mol. The summed E-state index contributed by atoms with van der Waals surface area (Å²) >= 11 is 0. The number of nitrogen functional groups attached to an aromatic ring is 1. The number of rotatable bonds is 8. The first-order valence-electron chi connectivity index (χ1n) is 10.7. The fourth-order valence-corrected chi connectivity index (χ4v) is 4.33. The van der Waals surface area contributed by atoms with E-state index in [0.717, 1.165) is 59.7 Å². The van der Waals surface area contributed by atoms with Crippen LogP contribution in [0.15, 0.2) is 24.5 Å². The molecule has 166 valence electrons. The molecular weight excluding hydrogens is 396 g/mol. The molecule has 1 aliphatic heterocycles. The van der Waals surface area contributed by atoms with Crippen LogP contribution in [0.4, 0.5) is 11.5 Å². The summed E-state index contributed by atoms with van der Waals surface area (Å²) in [5.41, 5.74) is 8.08. The molecule has 1 aliphatic rings. The molecule has 0 saturated carbocycles. The SMILES string of the molecule is COCCOc1cc2ncc3c(N)ncc(N4CCC(CCO)CC4)c3c2cc1OC. The summed E-state index contributed by atoms with van der Waals surface area (Å²) in [6.45, 7) is 3.01. The van der Waals surface area contributed by atoms with Gasteiger partial charge < -0.3 is 30.0 Å². The Bertz CT molecular complexity index is 1050. The van der Waals surface area contributed by atoms with Crippen LogP contribution in [0.5, 0.6) is 11.5 Å². The Labute approximate surface area is 181 Å². The van der Waals surface area contributed by atoms with E-state index in [1.807, 2.05) is 18.3 Å². The molecule has 1 fully saturated rings. The van der Waals surface area contributed by atoms with E-state index in [9.17, 15) is 5.11 Å². The Hall–Kier alpha value is -2.84. The van der Waals surface area contributed by atoms with E-state index in [4.69, 9.17) is 19.9 Å². The molecule has 1 aromatic carbocycles. The van der Waals surface area contributed by atoms with E-state index in [-0.39, 0.29) is 6.61 Å². The van der Waals surface area contributed by atoms with E-state index < -0.39 is 0 Å². The van der Waals surface area contributed by atoms with Crippen molar-refractivity contribution >= 4 is 33.2 Å². The topological polar surface area (TPSA) is 103 Å². The van der Waals surface area contributed by atoms with Crippen molar-refractivity contribution in [1.82, 2.24) is 9.97 Å². The van der Waals surface area contributed by atoms with Gasteiger partial charge in [-0.2, -0.15) is 0 Å². The number of piperidine rings is 1. The molecule has 1 saturated heterocycles. The second kappa shape index (κ2) is 9.53. The van der Waals surface area contributed by atoms with Crippen LogP contribution in [-0.2, 0) is 4.74 Å². The maximum absolute atomic E-state index is 9.26. The lowest BCUT2D eigenvalue weighted by molar-refractivity contribution is 0.144. The van der Waals surface area contributed by atoms with Crippen molar-refractivity contribution in [1.29, 1.82) is 0 Å². The minimum atomic E-state index is 0.252. The number of aliphatic hydroxyl groups is 1. The van der Waals surface area contributed by atoms with Gasteiger partial charge in [0.25, 0.3) is 0 Å².